The van der Waals surface area contributed by atoms with Crippen LogP contribution in [0, 0.1) is 11.3 Å². The van der Waals surface area contributed by atoms with Gasteiger partial charge in [-0.1, -0.05) is 18.2 Å². The second-order valence-corrected chi connectivity index (χ2v) is 3.21. The van der Waals surface area contributed by atoms with E-state index in [1.807, 2.05) is 12.1 Å². The third-order valence-electron chi connectivity index (χ3n) is 1.93. The molecule has 1 unspecified atom stereocenters. The summed E-state index contributed by atoms with van der Waals surface area (Å²) in [6.07, 6.45) is 0. The van der Waals surface area contributed by atoms with Crippen LogP contribution in [0.25, 0.3) is 0 Å². The number of hydrogen-bond donors (Lipinski definition) is 1. The molecule has 0 spiro atoms. The number of benzene rings is 1. The molecule has 0 fully saturated rings. The minimum atomic E-state index is -0.728. The van der Waals surface area contributed by atoms with Gasteiger partial charge in [-0.3, -0.25) is 4.79 Å². The summed E-state index contributed by atoms with van der Waals surface area (Å²) in [5.41, 5.74) is 0.504. The summed E-state index contributed by atoms with van der Waals surface area (Å²) in [4.78, 5) is 21.1. The summed E-state index contributed by atoms with van der Waals surface area (Å²) in [6.45, 7) is 2.16. The monoisotopic (exact) mass is 234 g/mol. The summed E-state index contributed by atoms with van der Waals surface area (Å²) >= 11 is 0. The van der Waals surface area contributed by atoms with Gasteiger partial charge in [0.15, 0.2) is 0 Å². The molecular formula is C12H14N2O3. The predicted octanol–water partition coefficient (Wildman–Crippen LogP) is 1.28. The largest absolute Gasteiger partial charge is 0.334 e. The average molecular weight is 234 g/mol. The Morgan fingerprint density at radius 3 is 2.71 bits per heavy atom. The van der Waals surface area contributed by atoms with Crippen LogP contribution in [-0.2, 0) is 9.78 Å². The van der Waals surface area contributed by atoms with Crippen molar-refractivity contribution in [2.75, 3.05) is 13.2 Å². The zero-order chi connectivity index (χ0) is 12.5. The topological polar surface area (TPSA) is 71.3 Å². The first-order chi connectivity index (χ1) is 8.27. The van der Waals surface area contributed by atoms with Crippen molar-refractivity contribution in [2.45, 2.75) is 13.0 Å². The molecule has 1 rings (SSSR count). The first kappa shape index (κ1) is 13.2. The Labute approximate surface area is 99.9 Å². The van der Waals surface area contributed by atoms with E-state index in [1.165, 1.54) is 0 Å². The van der Waals surface area contributed by atoms with Crippen LogP contribution in [0.2, 0.25) is 0 Å². The molecule has 17 heavy (non-hydrogen) atoms. The van der Waals surface area contributed by atoms with Crippen LogP contribution in [0.1, 0.15) is 17.3 Å². The van der Waals surface area contributed by atoms with Gasteiger partial charge in [0.2, 0.25) is 0 Å². The molecule has 0 bridgehead atoms. The molecule has 0 heterocycles. The van der Waals surface area contributed by atoms with Gasteiger partial charge < -0.3 is 5.32 Å². The Bertz CT molecular complexity index is 386. The Morgan fingerprint density at radius 2 is 2.12 bits per heavy atom. The molecule has 0 aliphatic carbocycles. The average Bonchev–Trinajstić information content (AvgIpc) is 2.38. The minimum absolute atomic E-state index is 0.00289. The van der Waals surface area contributed by atoms with Gasteiger partial charge in [-0.15, -0.1) is 0 Å². The van der Waals surface area contributed by atoms with Crippen molar-refractivity contribution in [2.24, 2.45) is 0 Å². The molecule has 0 aliphatic heterocycles. The number of amides is 1. The first-order valence-corrected chi connectivity index (χ1v) is 5.28. The zero-order valence-corrected chi connectivity index (χ0v) is 9.55. The van der Waals surface area contributed by atoms with Gasteiger partial charge >= 0.3 is 0 Å². The van der Waals surface area contributed by atoms with Gasteiger partial charge in [0.1, 0.15) is 12.6 Å². The number of rotatable bonds is 6. The summed E-state index contributed by atoms with van der Waals surface area (Å²) in [5.74, 6) is -0.308. The molecule has 5 heteroatoms. The molecule has 5 nitrogen and oxygen atoms in total. The van der Waals surface area contributed by atoms with E-state index in [0.717, 1.165) is 0 Å². The van der Waals surface area contributed by atoms with Gasteiger partial charge in [-0.05, 0) is 19.1 Å². The van der Waals surface area contributed by atoms with Crippen molar-refractivity contribution < 1.29 is 14.6 Å². The number of hydrogen-bond acceptors (Lipinski definition) is 4. The zero-order valence-electron chi connectivity index (χ0n) is 9.55. The van der Waals surface area contributed by atoms with Gasteiger partial charge in [-0.25, -0.2) is 9.78 Å². The quantitative estimate of drug-likeness (QED) is 0.457. The fourth-order valence-electron chi connectivity index (χ4n) is 1.14. The van der Waals surface area contributed by atoms with Crippen LogP contribution in [0.15, 0.2) is 30.3 Å². The third-order valence-corrected chi connectivity index (χ3v) is 1.93. The first-order valence-electron chi connectivity index (χ1n) is 5.28. The Balaban J connectivity index is 2.46. The minimum Gasteiger partial charge on any atom is -0.334 e. The standard InChI is InChI=1S/C12H14N2O3/c1-2-16-17-9-11(8-13)14-12(15)10-6-4-3-5-7-10/h3-7,11H,2,9H2,1H3,(H,14,15). The number of nitrogens with zero attached hydrogens (tertiary/aromatic N) is 1. The van der Waals surface area contributed by atoms with Crippen LogP contribution in [0.4, 0.5) is 0 Å². The fourth-order valence-corrected chi connectivity index (χ4v) is 1.14. The molecule has 0 saturated heterocycles. The molecular weight excluding hydrogens is 220 g/mol. The van der Waals surface area contributed by atoms with E-state index in [0.29, 0.717) is 12.2 Å². The molecule has 1 N–H and O–H groups in total. The second kappa shape index (κ2) is 7.39. The highest BCUT2D eigenvalue weighted by Crippen LogP contribution is 1.99. The van der Waals surface area contributed by atoms with E-state index < -0.39 is 6.04 Å². The van der Waals surface area contributed by atoms with E-state index in [9.17, 15) is 4.79 Å². The Hall–Kier alpha value is -1.90. The lowest BCUT2D eigenvalue weighted by Gasteiger charge is -2.10. The molecule has 90 valence electrons. The SMILES string of the molecule is CCOOCC(C#N)NC(=O)c1ccccc1. The van der Waals surface area contributed by atoms with Crippen LogP contribution in [0.5, 0.6) is 0 Å². The number of carbonyl (C=O) groups excluding carboxylic acids is 1. The van der Waals surface area contributed by atoms with E-state index >= 15 is 0 Å². The van der Waals surface area contributed by atoms with Crippen LogP contribution >= 0.6 is 0 Å². The summed E-state index contributed by atoms with van der Waals surface area (Å²) in [7, 11) is 0. The number of nitriles is 1. The Morgan fingerprint density at radius 1 is 1.41 bits per heavy atom. The molecule has 1 aromatic carbocycles. The molecule has 0 radical (unpaired) electrons. The maximum Gasteiger partial charge on any atom is 0.252 e. The lowest BCUT2D eigenvalue weighted by atomic mass is 10.2. The van der Waals surface area contributed by atoms with Crippen molar-refractivity contribution in [1.29, 1.82) is 5.26 Å². The van der Waals surface area contributed by atoms with Crippen molar-refractivity contribution in [3.63, 3.8) is 0 Å². The van der Waals surface area contributed by atoms with Crippen molar-refractivity contribution in [1.82, 2.24) is 5.32 Å². The molecule has 1 amide bonds. The van der Waals surface area contributed by atoms with Crippen LogP contribution < -0.4 is 5.32 Å². The number of carbonyl (C=O) groups is 1. The maximum atomic E-state index is 11.7. The van der Waals surface area contributed by atoms with E-state index in [2.05, 4.69) is 10.2 Å². The van der Waals surface area contributed by atoms with E-state index in [-0.39, 0.29) is 12.5 Å². The highest BCUT2D eigenvalue weighted by atomic mass is 17.2. The van der Waals surface area contributed by atoms with E-state index in [1.54, 1.807) is 31.2 Å². The van der Waals surface area contributed by atoms with Crippen molar-refractivity contribution in [3.8, 4) is 6.07 Å². The Kier molecular flexibility index (Phi) is 5.72. The third kappa shape index (κ3) is 4.64. The molecule has 0 aromatic heterocycles. The lowest BCUT2D eigenvalue weighted by molar-refractivity contribution is -0.292. The second-order valence-electron chi connectivity index (χ2n) is 3.21. The summed E-state index contributed by atoms with van der Waals surface area (Å²) in [6, 6.07) is 9.87. The van der Waals surface area contributed by atoms with E-state index in [4.69, 9.17) is 10.1 Å². The smallest absolute Gasteiger partial charge is 0.252 e. The molecule has 1 aromatic rings. The van der Waals surface area contributed by atoms with Crippen LogP contribution in [0.3, 0.4) is 0 Å². The van der Waals surface area contributed by atoms with Gasteiger partial charge in [0.25, 0.3) is 5.91 Å². The normalized spacial score (nSPS) is 11.5. The van der Waals surface area contributed by atoms with Gasteiger partial charge in [0, 0.05) is 5.56 Å². The van der Waals surface area contributed by atoms with Crippen LogP contribution in [-0.4, -0.2) is 25.2 Å². The van der Waals surface area contributed by atoms with Gasteiger partial charge in [-0.2, -0.15) is 5.26 Å². The summed E-state index contributed by atoms with van der Waals surface area (Å²) in [5, 5.41) is 11.4. The maximum absolute atomic E-state index is 11.7. The van der Waals surface area contributed by atoms with Crippen molar-refractivity contribution in [3.05, 3.63) is 35.9 Å². The molecule has 1 atom stereocenters. The predicted molar refractivity (Wildman–Crippen MR) is 60.9 cm³/mol. The molecule has 0 aliphatic rings. The summed E-state index contributed by atoms with van der Waals surface area (Å²) < 4.78 is 0. The van der Waals surface area contributed by atoms with Crippen molar-refractivity contribution >= 4 is 5.91 Å². The molecule has 0 saturated carbocycles. The highest BCUT2D eigenvalue weighted by molar-refractivity contribution is 5.94. The van der Waals surface area contributed by atoms with Gasteiger partial charge in [0.05, 0.1) is 12.7 Å². The fraction of sp³-hybridized carbons (Fsp3) is 0.333. The highest BCUT2D eigenvalue weighted by Gasteiger charge is 2.13. The number of nitrogens with one attached hydrogen (secondary N) is 1. The lowest BCUT2D eigenvalue weighted by Crippen LogP contribution is -2.37.